The standard InChI is InChI=1S/C17H26FNO/c1-3-13-7-9-15(10-8-13)20-17-14(11-12(2)19)5-4-6-16(17)18/h4-6,12-13,15H,3,7-11,19H2,1-2H3. The van der Waals surface area contributed by atoms with Crippen molar-refractivity contribution in [1.82, 2.24) is 0 Å². The van der Waals surface area contributed by atoms with Gasteiger partial charge >= 0.3 is 0 Å². The molecular formula is C17H26FNO. The van der Waals surface area contributed by atoms with Crippen LogP contribution in [0.5, 0.6) is 5.75 Å². The van der Waals surface area contributed by atoms with Crippen LogP contribution in [0.3, 0.4) is 0 Å². The van der Waals surface area contributed by atoms with Crippen LogP contribution in [-0.4, -0.2) is 12.1 Å². The molecule has 0 aromatic heterocycles. The summed E-state index contributed by atoms with van der Waals surface area (Å²) in [6, 6.07) is 5.13. The van der Waals surface area contributed by atoms with Gasteiger partial charge in [-0.15, -0.1) is 0 Å². The molecule has 3 heteroatoms. The molecule has 1 unspecified atom stereocenters. The first-order chi connectivity index (χ1) is 9.60. The maximum Gasteiger partial charge on any atom is 0.165 e. The Kier molecular flexibility index (Phi) is 5.41. The quantitative estimate of drug-likeness (QED) is 0.882. The van der Waals surface area contributed by atoms with E-state index in [4.69, 9.17) is 10.5 Å². The zero-order valence-electron chi connectivity index (χ0n) is 12.6. The Morgan fingerprint density at radius 3 is 2.60 bits per heavy atom. The van der Waals surface area contributed by atoms with Crippen LogP contribution in [0, 0.1) is 11.7 Å². The first kappa shape index (κ1) is 15.3. The largest absolute Gasteiger partial charge is 0.487 e. The van der Waals surface area contributed by atoms with E-state index in [9.17, 15) is 4.39 Å². The number of rotatable bonds is 5. The molecule has 0 heterocycles. The van der Waals surface area contributed by atoms with Crippen molar-refractivity contribution in [1.29, 1.82) is 0 Å². The maximum absolute atomic E-state index is 14.0. The summed E-state index contributed by atoms with van der Waals surface area (Å²) in [6.45, 7) is 4.17. The van der Waals surface area contributed by atoms with Crippen molar-refractivity contribution in [2.45, 2.75) is 64.5 Å². The van der Waals surface area contributed by atoms with Gasteiger partial charge in [0, 0.05) is 6.04 Å². The summed E-state index contributed by atoms with van der Waals surface area (Å²) < 4.78 is 20.0. The minimum atomic E-state index is -0.263. The van der Waals surface area contributed by atoms with Gasteiger partial charge in [-0.1, -0.05) is 25.5 Å². The molecule has 2 nitrogen and oxygen atoms in total. The van der Waals surface area contributed by atoms with Crippen molar-refractivity contribution in [3.63, 3.8) is 0 Å². The average Bonchev–Trinajstić information content (AvgIpc) is 2.43. The molecule has 1 atom stereocenters. The highest BCUT2D eigenvalue weighted by atomic mass is 19.1. The van der Waals surface area contributed by atoms with Crippen LogP contribution in [0.1, 0.15) is 51.5 Å². The van der Waals surface area contributed by atoms with Gasteiger partial charge < -0.3 is 10.5 Å². The summed E-state index contributed by atoms with van der Waals surface area (Å²) >= 11 is 0. The third-order valence-electron chi connectivity index (χ3n) is 4.25. The predicted octanol–water partition coefficient (Wildman–Crippen LogP) is 4.06. The van der Waals surface area contributed by atoms with E-state index in [-0.39, 0.29) is 18.0 Å². The number of ether oxygens (including phenoxy) is 1. The third-order valence-corrected chi connectivity index (χ3v) is 4.25. The van der Waals surface area contributed by atoms with Crippen LogP contribution < -0.4 is 10.5 Å². The molecule has 1 aliphatic carbocycles. The van der Waals surface area contributed by atoms with Crippen molar-refractivity contribution in [3.05, 3.63) is 29.6 Å². The number of hydrogen-bond donors (Lipinski definition) is 1. The van der Waals surface area contributed by atoms with E-state index in [1.807, 2.05) is 13.0 Å². The molecule has 1 aromatic rings. The molecule has 0 saturated heterocycles. The zero-order chi connectivity index (χ0) is 14.5. The van der Waals surface area contributed by atoms with Gasteiger partial charge in [-0.25, -0.2) is 4.39 Å². The summed E-state index contributed by atoms with van der Waals surface area (Å²) in [4.78, 5) is 0. The fraction of sp³-hybridized carbons (Fsp3) is 0.647. The molecule has 20 heavy (non-hydrogen) atoms. The van der Waals surface area contributed by atoms with E-state index in [1.54, 1.807) is 6.07 Å². The molecule has 1 fully saturated rings. The van der Waals surface area contributed by atoms with Crippen molar-refractivity contribution in [2.24, 2.45) is 11.7 Å². The Labute approximate surface area is 121 Å². The summed E-state index contributed by atoms with van der Waals surface area (Å²) in [6.07, 6.45) is 6.49. The van der Waals surface area contributed by atoms with Gasteiger partial charge in [0.2, 0.25) is 0 Å². The Bertz CT molecular complexity index is 425. The number of nitrogens with two attached hydrogens (primary N) is 1. The lowest BCUT2D eigenvalue weighted by atomic mass is 9.86. The first-order valence-electron chi connectivity index (χ1n) is 7.79. The molecular weight excluding hydrogens is 253 g/mol. The molecule has 0 bridgehead atoms. The number of para-hydroxylation sites is 1. The lowest BCUT2D eigenvalue weighted by Gasteiger charge is -2.29. The highest BCUT2D eigenvalue weighted by Gasteiger charge is 2.23. The van der Waals surface area contributed by atoms with Crippen LogP contribution in [0.25, 0.3) is 0 Å². The minimum absolute atomic E-state index is 0.00924. The molecule has 2 N–H and O–H groups in total. The molecule has 2 rings (SSSR count). The van der Waals surface area contributed by atoms with E-state index < -0.39 is 0 Å². The van der Waals surface area contributed by atoms with Gasteiger partial charge in [0.25, 0.3) is 0 Å². The lowest BCUT2D eigenvalue weighted by molar-refractivity contribution is 0.123. The topological polar surface area (TPSA) is 35.2 Å². The van der Waals surface area contributed by atoms with Gasteiger partial charge in [0.05, 0.1) is 6.10 Å². The van der Waals surface area contributed by atoms with Crippen molar-refractivity contribution in [3.8, 4) is 5.75 Å². The van der Waals surface area contributed by atoms with Crippen molar-refractivity contribution < 1.29 is 9.13 Å². The molecule has 1 aliphatic rings. The van der Waals surface area contributed by atoms with Crippen LogP contribution in [0.4, 0.5) is 4.39 Å². The van der Waals surface area contributed by atoms with Crippen LogP contribution in [0.15, 0.2) is 18.2 Å². The smallest absolute Gasteiger partial charge is 0.165 e. The Balaban J connectivity index is 2.05. The van der Waals surface area contributed by atoms with Gasteiger partial charge in [-0.3, -0.25) is 0 Å². The van der Waals surface area contributed by atoms with Crippen LogP contribution in [-0.2, 0) is 6.42 Å². The minimum Gasteiger partial charge on any atom is -0.487 e. The molecule has 0 radical (unpaired) electrons. The number of hydrogen-bond acceptors (Lipinski definition) is 2. The zero-order valence-corrected chi connectivity index (χ0v) is 12.6. The Hall–Kier alpha value is -1.09. The second-order valence-corrected chi connectivity index (χ2v) is 6.08. The fourth-order valence-corrected chi connectivity index (χ4v) is 3.02. The number of halogens is 1. The molecule has 1 saturated carbocycles. The number of benzene rings is 1. The highest BCUT2D eigenvalue weighted by molar-refractivity contribution is 5.35. The maximum atomic E-state index is 14.0. The van der Waals surface area contributed by atoms with Crippen molar-refractivity contribution in [2.75, 3.05) is 0 Å². The molecule has 112 valence electrons. The van der Waals surface area contributed by atoms with Crippen LogP contribution in [0.2, 0.25) is 0 Å². The predicted molar refractivity (Wildman–Crippen MR) is 80.4 cm³/mol. The summed E-state index contributed by atoms with van der Waals surface area (Å²) in [7, 11) is 0. The van der Waals surface area contributed by atoms with Gasteiger partial charge in [0.15, 0.2) is 11.6 Å². The molecule has 1 aromatic carbocycles. The third kappa shape index (κ3) is 3.95. The normalized spacial score (nSPS) is 24.4. The molecule has 0 amide bonds. The van der Waals surface area contributed by atoms with Gasteiger partial charge in [0.1, 0.15) is 0 Å². The first-order valence-corrected chi connectivity index (χ1v) is 7.79. The molecule has 0 spiro atoms. The lowest BCUT2D eigenvalue weighted by Crippen LogP contribution is -2.25. The van der Waals surface area contributed by atoms with E-state index in [2.05, 4.69) is 6.92 Å². The van der Waals surface area contributed by atoms with E-state index in [0.29, 0.717) is 12.2 Å². The van der Waals surface area contributed by atoms with E-state index in [0.717, 1.165) is 24.3 Å². The van der Waals surface area contributed by atoms with E-state index >= 15 is 0 Å². The SMILES string of the molecule is CCC1CCC(Oc2c(F)cccc2CC(C)N)CC1. The summed E-state index contributed by atoms with van der Waals surface area (Å²) in [5.41, 5.74) is 6.72. The second kappa shape index (κ2) is 7.07. The monoisotopic (exact) mass is 279 g/mol. The highest BCUT2D eigenvalue weighted by Crippen LogP contribution is 2.32. The van der Waals surface area contributed by atoms with E-state index in [1.165, 1.54) is 25.3 Å². The van der Waals surface area contributed by atoms with Gasteiger partial charge in [-0.05, 0) is 56.6 Å². The Morgan fingerprint density at radius 1 is 1.30 bits per heavy atom. The molecule has 0 aliphatic heterocycles. The van der Waals surface area contributed by atoms with Gasteiger partial charge in [-0.2, -0.15) is 0 Å². The second-order valence-electron chi connectivity index (χ2n) is 6.08. The summed E-state index contributed by atoms with van der Waals surface area (Å²) in [5.74, 6) is 0.976. The Morgan fingerprint density at radius 2 is 2.00 bits per heavy atom. The average molecular weight is 279 g/mol. The fourth-order valence-electron chi connectivity index (χ4n) is 3.02. The summed E-state index contributed by atoms with van der Waals surface area (Å²) in [5, 5.41) is 0. The van der Waals surface area contributed by atoms with Crippen molar-refractivity contribution >= 4 is 0 Å². The van der Waals surface area contributed by atoms with Crippen LogP contribution >= 0.6 is 0 Å².